The maximum absolute atomic E-state index is 12.4. The van der Waals surface area contributed by atoms with Crippen molar-refractivity contribution in [2.75, 3.05) is 0 Å². The van der Waals surface area contributed by atoms with Crippen LogP contribution in [0.4, 0.5) is 0 Å². The van der Waals surface area contributed by atoms with Gasteiger partial charge in [0.25, 0.3) is 0 Å². The molecule has 0 heterocycles. The molecule has 1 atom stereocenters. The van der Waals surface area contributed by atoms with E-state index in [0.29, 0.717) is 15.8 Å². The van der Waals surface area contributed by atoms with Crippen molar-refractivity contribution in [1.29, 1.82) is 0 Å². The molecule has 1 aliphatic rings. The molecule has 0 aromatic heterocycles. The normalized spacial score (nSPS) is 18.6. The number of Topliss-reactive ketones (excluding diaryl/α,β-unsaturated/α-hetero) is 1. The van der Waals surface area contributed by atoms with Gasteiger partial charge in [-0.25, -0.2) is 0 Å². The Morgan fingerprint density at radius 2 is 1.83 bits per heavy atom. The minimum Gasteiger partial charge on any atom is -0.299 e. The predicted molar refractivity (Wildman–Crippen MR) is 76.5 cm³/mol. The Morgan fingerprint density at radius 1 is 1.17 bits per heavy atom. The number of carbonyl (C=O) groups excluding carboxylic acids is 1. The van der Waals surface area contributed by atoms with Crippen molar-refractivity contribution in [3.63, 3.8) is 0 Å². The molecule has 1 nitrogen and oxygen atoms in total. The van der Waals surface area contributed by atoms with Crippen LogP contribution in [0.2, 0.25) is 10.0 Å². The Kier molecular flexibility index (Phi) is 4.69. The van der Waals surface area contributed by atoms with Gasteiger partial charge in [0.05, 0.1) is 10.0 Å². The maximum atomic E-state index is 12.4. The number of carbonyl (C=O) groups is 1. The molecule has 3 heteroatoms. The molecule has 1 unspecified atom stereocenters. The molecule has 18 heavy (non-hydrogen) atoms. The van der Waals surface area contributed by atoms with Gasteiger partial charge in [0, 0.05) is 11.8 Å². The van der Waals surface area contributed by atoms with Crippen LogP contribution in [0.3, 0.4) is 0 Å². The van der Waals surface area contributed by atoms with Crippen molar-refractivity contribution >= 4 is 29.0 Å². The van der Waals surface area contributed by atoms with Gasteiger partial charge in [-0.1, -0.05) is 55.5 Å². The number of benzene rings is 1. The Bertz CT molecular complexity index is 436. The fourth-order valence-corrected chi connectivity index (χ4v) is 2.99. The topological polar surface area (TPSA) is 17.1 Å². The summed E-state index contributed by atoms with van der Waals surface area (Å²) in [5, 5.41) is 1.06. The lowest BCUT2D eigenvalue weighted by Gasteiger charge is -2.23. The molecule has 1 fully saturated rings. The minimum absolute atomic E-state index is 0.0807. The highest BCUT2D eigenvalue weighted by Crippen LogP contribution is 2.32. The molecular formula is C15H18Cl2O. The summed E-state index contributed by atoms with van der Waals surface area (Å²) >= 11 is 11.9. The molecular weight excluding hydrogens is 267 g/mol. The molecule has 0 spiro atoms. The molecule has 0 radical (unpaired) electrons. The van der Waals surface area contributed by atoms with Crippen molar-refractivity contribution in [3.8, 4) is 0 Å². The van der Waals surface area contributed by atoms with E-state index < -0.39 is 0 Å². The van der Waals surface area contributed by atoms with Crippen molar-refractivity contribution in [2.45, 2.75) is 44.9 Å². The van der Waals surface area contributed by atoms with Gasteiger partial charge in [0.2, 0.25) is 0 Å². The zero-order valence-electron chi connectivity index (χ0n) is 10.6. The van der Waals surface area contributed by atoms with E-state index in [2.05, 4.69) is 0 Å². The first-order valence-corrected chi connectivity index (χ1v) is 7.34. The molecule has 0 N–H and O–H groups in total. The number of rotatable bonds is 3. The fraction of sp³-hybridized carbons (Fsp3) is 0.533. The smallest absolute Gasteiger partial charge is 0.143 e. The van der Waals surface area contributed by atoms with E-state index in [-0.39, 0.29) is 11.8 Å². The average molecular weight is 285 g/mol. The van der Waals surface area contributed by atoms with Crippen LogP contribution < -0.4 is 0 Å². The molecule has 0 aliphatic heterocycles. The van der Waals surface area contributed by atoms with Crippen LogP contribution in [0.25, 0.3) is 0 Å². The Balaban J connectivity index is 2.11. The number of hydrogen-bond acceptors (Lipinski definition) is 1. The maximum Gasteiger partial charge on any atom is 0.143 e. The largest absolute Gasteiger partial charge is 0.299 e. The summed E-state index contributed by atoms with van der Waals surface area (Å²) in [6.45, 7) is 1.97. The van der Waals surface area contributed by atoms with Crippen molar-refractivity contribution in [3.05, 3.63) is 33.8 Å². The summed E-state index contributed by atoms with van der Waals surface area (Å²) in [4.78, 5) is 12.4. The van der Waals surface area contributed by atoms with Crippen LogP contribution in [0.15, 0.2) is 18.2 Å². The SMILES string of the molecule is CC(C(=O)C1CCCCC1)c1ccc(Cl)c(Cl)c1. The molecule has 1 aromatic rings. The monoisotopic (exact) mass is 284 g/mol. The van der Waals surface area contributed by atoms with Gasteiger partial charge in [-0.05, 0) is 30.5 Å². The molecule has 1 aliphatic carbocycles. The van der Waals surface area contributed by atoms with Crippen LogP contribution >= 0.6 is 23.2 Å². The predicted octanol–water partition coefficient (Wildman–Crippen LogP) is 5.25. The first-order valence-electron chi connectivity index (χ1n) is 6.58. The second-order valence-electron chi connectivity index (χ2n) is 5.13. The van der Waals surface area contributed by atoms with Gasteiger partial charge in [-0.2, -0.15) is 0 Å². The number of ketones is 1. The van der Waals surface area contributed by atoms with Crippen LogP contribution in [-0.2, 0) is 4.79 Å². The quantitative estimate of drug-likeness (QED) is 0.741. The number of halogens is 2. The molecule has 0 saturated heterocycles. The number of hydrogen-bond donors (Lipinski definition) is 0. The summed E-state index contributed by atoms with van der Waals surface area (Å²) in [6, 6.07) is 5.48. The highest BCUT2D eigenvalue weighted by molar-refractivity contribution is 6.42. The third-order valence-corrected chi connectivity index (χ3v) is 4.62. The molecule has 98 valence electrons. The van der Waals surface area contributed by atoms with Gasteiger partial charge in [0.15, 0.2) is 0 Å². The summed E-state index contributed by atoms with van der Waals surface area (Å²) < 4.78 is 0. The lowest BCUT2D eigenvalue weighted by Crippen LogP contribution is -2.22. The Morgan fingerprint density at radius 3 is 2.44 bits per heavy atom. The van der Waals surface area contributed by atoms with E-state index in [9.17, 15) is 4.79 Å². The first-order chi connectivity index (χ1) is 8.59. The van der Waals surface area contributed by atoms with E-state index in [1.54, 1.807) is 6.07 Å². The third-order valence-electron chi connectivity index (χ3n) is 3.88. The van der Waals surface area contributed by atoms with E-state index in [0.717, 1.165) is 18.4 Å². The van der Waals surface area contributed by atoms with E-state index in [4.69, 9.17) is 23.2 Å². The fourth-order valence-electron chi connectivity index (χ4n) is 2.69. The molecule has 1 saturated carbocycles. The van der Waals surface area contributed by atoms with Gasteiger partial charge in [-0.15, -0.1) is 0 Å². The van der Waals surface area contributed by atoms with Crippen LogP contribution in [0, 0.1) is 5.92 Å². The summed E-state index contributed by atoms with van der Waals surface area (Å²) in [5.74, 6) is 0.513. The van der Waals surface area contributed by atoms with Crippen LogP contribution in [0.1, 0.15) is 50.5 Å². The average Bonchev–Trinajstić information content (AvgIpc) is 2.41. The zero-order valence-corrected chi connectivity index (χ0v) is 12.1. The Hall–Kier alpha value is -0.530. The summed E-state index contributed by atoms with van der Waals surface area (Å²) in [5.41, 5.74) is 0.972. The Labute approximate surface area is 118 Å². The summed E-state index contributed by atoms with van der Waals surface area (Å²) in [7, 11) is 0. The van der Waals surface area contributed by atoms with E-state index in [1.165, 1.54) is 19.3 Å². The second kappa shape index (κ2) is 6.08. The first kappa shape index (κ1) is 13.9. The lowest BCUT2D eigenvalue weighted by atomic mass is 9.80. The molecule has 0 bridgehead atoms. The zero-order chi connectivity index (χ0) is 13.1. The van der Waals surface area contributed by atoms with Gasteiger partial charge >= 0.3 is 0 Å². The van der Waals surface area contributed by atoms with Crippen LogP contribution in [0.5, 0.6) is 0 Å². The van der Waals surface area contributed by atoms with Gasteiger partial charge in [-0.3, -0.25) is 4.79 Å². The van der Waals surface area contributed by atoms with Crippen LogP contribution in [-0.4, -0.2) is 5.78 Å². The summed E-state index contributed by atoms with van der Waals surface area (Å²) in [6.07, 6.45) is 5.73. The second-order valence-corrected chi connectivity index (χ2v) is 5.95. The lowest BCUT2D eigenvalue weighted by molar-refractivity contribution is -0.124. The van der Waals surface area contributed by atoms with Crippen molar-refractivity contribution in [2.24, 2.45) is 5.92 Å². The van der Waals surface area contributed by atoms with Gasteiger partial charge < -0.3 is 0 Å². The van der Waals surface area contributed by atoms with E-state index in [1.807, 2.05) is 19.1 Å². The molecule has 0 amide bonds. The van der Waals surface area contributed by atoms with Gasteiger partial charge in [0.1, 0.15) is 5.78 Å². The molecule has 2 rings (SSSR count). The van der Waals surface area contributed by atoms with Crippen molar-refractivity contribution in [1.82, 2.24) is 0 Å². The highest BCUT2D eigenvalue weighted by Gasteiger charge is 2.26. The minimum atomic E-state index is -0.0807. The molecule has 1 aromatic carbocycles. The standard InChI is InChI=1S/C15H18Cl2O/c1-10(12-7-8-13(16)14(17)9-12)15(18)11-5-3-2-4-6-11/h7-11H,2-6H2,1H3. The third kappa shape index (κ3) is 3.07. The van der Waals surface area contributed by atoms with E-state index >= 15 is 0 Å². The van der Waals surface area contributed by atoms with Crippen molar-refractivity contribution < 1.29 is 4.79 Å². The highest BCUT2D eigenvalue weighted by atomic mass is 35.5.